The highest BCUT2D eigenvalue weighted by molar-refractivity contribution is 5.97. The van der Waals surface area contributed by atoms with Crippen LogP contribution in [0, 0.1) is 12.3 Å². The highest BCUT2D eigenvalue weighted by Crippen LogP contribution is 2.28. The van der Waals surface area contributed by atoms with Gasteiger partial charge in [0, 0.05) is 17.6 Å². The number of anilines is 1. The Balaban J connectivity index is 2.32. The summed E-state index contributed by atoms with van der Waals surface area (Å²) in [7, 11) is 0. The monoisotopic (exact) mass is 322 g/mol. The molecule has 124 valence electrons. The fourth-order valence-electron chi connectivity index (χ4n) is 2.37. The Kier molecular flexibility index (Phi) is 5.90. The zero-order valence-electron chi connectivity index (χ0n) is 14.2. The average molecular weight is 322 g/mol. The van der Waals surface area contributed by atoms with E-state index in [2.05, 4.69) is 5.32 Å². The number of benzene rings is 2. The predicted molar refractivity (Wildman–Crippen MR) is 98.7 cm³/mol. The number of carbonyl (C=O) groups is 1. The SMILES string of the molecule is CCOC(=O)c1ccccc1-c1ccc(N/C=C\C(C)=N)c(C)c1. The number of esters is 1. The molecule has 0 fully saturated rings. The van der Waals surface area contributed by atoms with Gasteiger partial charge < -0.3 is 15.5 Å². The second kappa shape index (κ2) is 8.11. The Hall–Kier alpha value is -2.88. The number of hydrogen-bond acceptors (Lipinski definition) is 4. The maximum Gasteiger partial charge on any atom is 0.338 e. The summed E-state index contributed by atoms with van der Waals surface area (Å²) in [5.74, 6) is -0.308. The van der Waals surface area contributed by atoms with Gasteiger partial charge in [0.1, 0.15) is 0 Å². The summed E-state index contributed by atoms with van der Waals surface area (Å²) in [6.07, 6.45) is 3.44. The number of rotatable bonds is 6. The molecule has 4 nitrogen and oxygen atoms in total. The van der Waals surface area contributed by atoms with Crippen LogP contribution < -0.4 is 5.32 Å². The lowest BCUT2D eigenvalue weighted by Gasteiger charge is -2.12. The molecular formula is C20H22N2O2. The number of allylic oxidation sites excluding steroid dienone is 1. The van der Waals surface area contributed by atoms with E-state index in [9.17, 15) is 4.79 Å². The van der Waals surface area contributed by atoms with Crippen molar-refractivity contribution in [3.05, 3.63) is 65.9 Å². The van der Waals surface area contributed by atoms with Gasteiger partial charge in [0.05, 0.1) is 12.2 Å². The Morgan fingerprint density at radius 3 is 2.67 bits per heavy atom. The fraction of sp³-hybridized carbons (Fsp3) is 0.200. The third kappa shape index (κ3) is 4.32. The lowest BCUT2D eigenvalue weighted by Crippen LogP contribution is -2.06. The molecule has 0 aliphatic carbocycles. The van der Waals surface area contributed by atoms with Gasteiger partial charge in [-0.2, -0.15) is 0 Å². The smallest absolute Gasteiger partial charge is 0.338 e. The van der Waals surface area contributed by atoms with E-state index in [1.165, 1.54) is 0 Å². The molecule has 0 atom stereocenters. The third-order valence-electron chi connectivity index (χ3n) is 3.53. The minimum Gasteiger partial charge on any atom is -0.462 e. The topological polar surface area (TPSA) is 62.2 Å². The largest absolute Gasteiger partial charge is 0.462 e. The van der Waals surface area contributed by atoms with Crippen molar-refractivity contribution >= 4 is 17.4 Å². The second-order valence-corrected chi connectivity index (χ2v) is 5.46. The quantitative estimate of drug-likeness (QED) is 0.593. The van der Waals surface area contributed by atoms with Gasteiger partial charge in [0.2, 0.25) is 0 Å². The molecule has 4 heteroatoms. The predicted octanol–water partition coefficient (Wildman–Crippen LogP) is 4.80. The summed E-state index contributed by atoms with van der Waals surface area (Å²) < 4.78 is 5.14. The van der Waals surface area contributed by atoms with Crippen LogP contribution in [0.3, 0.4) is 0 Å². The molecule has 0 saturated carbocycles. The molecule has 0 aromatic heterocycles. The van der Waals surface area contributed by atoms with E-state index in [0.717, 1.165) is 22.4 Å². The number of carbonyl (C=O) groups excluding carboxylic acids is 1. The van der Waals surface area contributed by atoms with E-state index in [1.54, 1.807) is 32.2 Å². The normalized spacial score (nSPS) is 10.6. The molecule has 0 heterocycles. The van der Waals surface area contributed by atoms with Crippen molar-refractivity contribution in [1.82, 2.24) is 0 Å². The first-order valence-corrected chi connectivity index (χ1v) is 7.88. The number of hydrogen-bond donors (Lipinski definition) is 2. The van der Waals surface area contributed by atoms with Crippen LogP contribution in [0.5, 0.6) is 0 Å². The van der Waals surface area contributed by atoms with E-state index >= 15 is 0 Å². The van der Waals surface area contributed by atoms with Crippen LogP contribution in [0.2, 0.25) is 0 Å². The molecule has 2 rings (SSSR count). The van der Waals surface area contributed by atoms with Gasteiger partial charge in [-0.05, 0) is 61.7 Å². The highest BCUT2D eigenvalue weighted by atomic mass is 16.5. The van der Waals surface area contributed by atoms with Gasteiger partial charge >= 0.3 is 5.97 Å². The van der Waals surface area contributed by atoms with Gasteiger partial charge in [-0.15, -0.1) is 0 Å². The molecule has 0 amide bonds. The second-order valence-electron chi connectivity index (χ2n) is 5.46. The maximum atomic E-state index is 12.1. The van der Waals surface area contributed by atoms with Crippen molar-refractivity contribution in [3.63, 3.8) is 0 Å². The van der Waals surface area contributed by atoms with Gasteiger partial charge in [-0.1, -0.05) is 24.3 Å². The van der Waals surface area contributed by atoms with Gasteiger partial charge in [-0.25, -0.2) is 4.79 Å². The lowest BCUT2D eigenvalue weighted by molar-refractivity contribution is 0.0527. The number of aryl methyl sites for hydroxylation is 1. The van der Waals surface area contributed by atoms with Crippen molar-refractivity contribution in [3.8, 4) is 11.1 Å². The highest BCUT2D eigenvalue weighted by Gasteiger charge is 2.13. The van der Waals surface area contributed by atoms with Gasteiger partial charge in [0.15, 0.2) is 0 Å². The molecule has 0 bridgehead atoms. The maximum absolute atomic E-state index is 12.1. The molecule has 2 aromatic rings. The molecule has 0 spiro atoms. The van der Waals surface area contributed by atoms with E-state index in [-0.39, 0.29) is 5.97 Å². The zero-order chi connectivity index (χ0) is 17.5. The molecule has 0 aliphatic heterocycles. The molecule has 2 aromatic carbocycles. The van der Waals surface area contributed by atoms with E-state index < -0.39 is 0 Å². The summed E-state index contributed by atoms with van der Waals surface area (Å²) in [5, 5.41) is 10.6. The Morgan fingerprint density at radius 1 is 1.25 bits per heavy atom. The summed E-state index contributed by atoms with van der Waals surface area (Å²) >= 11 is 0. The van der Waals surface area contributed by atoms with Crippen LogP contribution in [-0.4, -0.2) is 18.3 Å². The van der Waals surface area contributed by atoms with Crippen molar-refractivity contribution in [2.24, 2.45) is 0 Å². The minimum absolute atomic E-state index is 0.308. The molecule has 0 radical (unpaired) electrons. The zero-order valence-corrected chi connectivity index (χ0v) is 14.2. The standard InChI is InChI=1S/C20H22N2O2/c1-4-24-20(23)18-8-6-5-7-17(18)16-9-10-19(14(2)13-16)22-12-11-15(3)21/h5-13,21-22H,4H2,1-3H3/b12-11-,21-15?. The van der Waals surface area contributed by atoms with Gasteiger partial charge in [-0.3, -0.25) is 0 Å². The van der Waals surface area contributed by atoms with Crippen LogP contribution in [-0.2, 0) is 4.74 Å². The van der Waals surface area contributed by atoms with Crippen LogP contribution in [0.4, 0.5) is 5.69 Å². The van der Waals surface area contributed by atoms with Crippen LogP contribution in [0.25, 0.3) is 11.1 Å². The van der Waals surface area contributed by atoms with Crippen molar-refractivity contribution in [1.29, 1.82) is 5.41 Å². The summed E-state index contributed by atoms with van der Waals surface area (Å²) in [5.41, 5.74) is 4.90. The first-order chi connectivity index (χ1) is 11.5. The number of nitrogens with one attached hydrogen (secondary N) is 2. The summed E-state index contributed by atoms with van der Waals surface area (Å²) in [6.45, 7) is 5.88. The summed E-state index contributed by atoms with van der Waals surface area (Å²) in [6, 6.07) is 13.4. The lowest BCUT2D eigenvalue weighted by atomic mass is 9.97. The first-order valence-electron chi connectivity index (χ1n) is 7.88. The van der Waals surface area contributed by atoms with Crippen LogP contribution in [0.15, 0.2) is 54.7 Å². The third-order valence-corrected chi connectivity index (χ3v) is 3.53. The average Bonchev–Trinajstić information content (AvgIpc) is 2.56. The Labute approximate surface area is 142 Å². The van der Waals surface area contributed by atoms with E-state index in [1.807, 2.05) is 43.3 Å². The van der Waals surface area contributed by atoms with Crippen molar-refractivity contribution in [2.45, 2.75) is 20.8 Å². The minimum atomic E-state index is -0.308. The fourth-order valence-corrected chi connectivity index (χ4v) is 2.37. The van der Waals surface area contributed by atoms with E-state index in [4.69, 9.17) is 10.1 Å². The van der Waals surface area contributed by atoms with Crippen molar-refractivity contribution < 1.29 is 9.53 Å². The van der Waals surface area contributed by atoms with Crippen LogP contribution in [0.1, 0.15) is 29.8 Å². The number of ether oxygens (including phenoxy) is 1. The molecular weight excluding hydrogens is 300 g/mol. The molecule has 24 heavy (non-hydrogen) atoms. The first kappa shape index (κ1) is 17.5. The summed E-state index contributed by atoms with van der Waals surface area (Å²) in [4.78, 5) is 12.1. The molecule has 0 unspecified atom stereocenters. The molecule has 2 N–H and O–H groups in total. The van der Waals surface area contributed by atoms with Gasteiger partial charge in [0.25, 0.3) is 0 Å². The molecule has 0 aliphatic rings. The van der Waals surface area contributed by atoms with Crippen molar-refractivity contribution in [2.75, 3.05) is 11.9 Å². The Morgan fingerprint density at radius 2 is 2.00 bits per heavy atom. The van der Waals surface area contributed by atoms with E-state index in [0.29, 0.717) is 17.9 Å². The van der Waals surface area contributed by atoms with Crippen LogP contribution >= 0.6 is 0 Å². The Bertz CT molecular complexity index is 779. The molecule has 0 saturated heterocycles.